The zero-order valence-electron chi connectivity index (χ0n) is 18.5. The van der Waals surface area contributed by atoms with Crippen LogP contribution in [0.3, 0.4) is 0 Å². The van der Waals surface area contributed by atoms with Crippen LogP contribution in [0.1, 0.15) is 29.3 Å². The number of esters is 1. The highest BCUT2D eigenvalue weighted by Gasteiger charge is 2.17. The number of pyridine rings is 1. The van der Waals surface area contributed by atoms with Gasteiger partial charge in [0.1, 0.15) is 17.9 Å². The quantitative estimate of drug-likeness (QED) is 0.382. The minimum atomic E-state index is -0.501. The predicted molar refractivity (Wildman–Crippen MR) is 123 cm³/mol. The van der Waals surface area contributed by atoms with Crippen LogP contribution < -0.4 is 10.5 Å². The lowest BCUT2D eigenvalue weighted by atomic mass is 10.00. The highest BCUT2D eigenvalue weighted by atomic mass is 19.1. The summed E-state index contributed by atoms with van der Waals surface area (Å²) in [5.74, 6) is -0.483. The van der Waals surface area contributed by atoms with Crippen molar-refractivity contribution < 1.29 is 23.1 Å². The highest BCUT2D eigenvalue weighted by Crippen LogP contribution is 2.34. The number of nitrogens with two attached hydrogens (primary N) is 1. The summed E-state index contributed by atoms with van der Waals surface area (Å²) in [4.78, 5) is 16.0. The van der Waals surface area contributed by atoms with Gasteiger partial charge in [-0.05, 0) is 48.9 Å². The van der Waals surface area contributed by atoms with E-state index in [2.05, 4.69) is 11.1 Å². The normalized spacial score (nSPS) is 10.8. The summed E-state index contributed by atoms with van der Waals surface area (Å²) >= 11 is 0. The summed E-state index contributed by atoms with van der Waals surface area (Å²) in [6.45, 7) is 2.10. The van der Waals surface area contributed by atoms with Crippen LogP contribution in [0.15, 0.2) is 59.3 Å². The molecule has 4 rings (SSSR count). The Hall–Kier alpha value is -4.22. The zero-order valence-corrected chi connectivity index (χ0v) is 18.5. The molecule has 0 radical (unpaired) electrons. The molecule has 0 unspecified atom stereocenters. The van der Waals surface area contributed by atoms with E-state index in [0.717, 1.165) is 10.9 Å². The molecule has 0 fully saturated rings. The maximum absolute atomic E-state index is 15.0. The molecule has 2 heterocycles. The summed E-state index contributed by atoms with van der Waals surface area (Å²) in [5, 5.41) is 10.1. The molecule has 172 valence electrons. The standard InChI is InChI=1S/C26H22FN3O4/c1-2-32-24(31)12-18-4-3-16(13-28)11-23(18)34-15-17-9-19-6-8-33-26(19)21(10-17)20-5-7-30-22(14-29)25(20)27/h3-11H,2,12,14-15,29H2,1H3. The molecule has 2 aromatic heterocycles. The number of carbonyl (C=O) groups excluding carboxylic acids is 1. The van der Waals surface area contributed by atoms with E-state index in [1.54, 1.807) is 43.3 Å². The zero-order chi connectivity index (χ0) is 24.1. The molecule has 2 aromatic carbocycles. The molecule has 34 heavy (non-hydrogen) atoms. The number of aromatic nitrogens is 1. The maximum atomic E-state index is 15.0. The summed E-state index contributed by atoms with van der Waals surface area (Å²) in [6.07, 6.45) is 3.06. The molecular weight excluding hydrogens is 437 g/mol. The van der Waals surface area contributed by atoms with Gasteiger partial charge >= 0.3 is 5.97 Å². The number of halogens is 1. The van der Waals surface area contributed by atoms with Crippen LogP contribution >= 0.6 is 0 Å². The largest absolute Gasteiger partial charge is 0.489 e. The number of ether oxygens (including phenoxy) is 2. The average Bonchev–Trinajstić information content (AvgIpc) is 3.32. The monoisotopic (exact) mass is 459 g/mol. The smallest absolute Gasteiger partial charge is 0.310 e. The number of fused-ring (bicyclic) bond motifs is 1. The molecule has 0 spiro atoms. The number of benzene rings is 2. The van der Waals surface area contributed by atoms with Gasteiger partial charge in [0.2, 0.25) is 0 Å². The first kappa shape index (κ1) is 23.0. The van der Waals surface area contributed by atoms with Gasteiger partial charge in [0.25, 0.3) is 0 Å². The van der Waals surface area contributed by atoms with Gasteiger partial charge in [-0.15, -0.1) is 0 Å². The molecule has 4 aromatic rings. The Morgan fingerprint density at radius 3 is 2.82 bits per heavy atom. The molecule has 0 saturated carbocycles. The molecule has 2 N–H and O–H groups in total. The molecular formula is C26H22FN3O4. The number of carbonyl (C=O) groups is 1. The molecule has 0 aliphatic rings. The maximum Gasteiger partial charge on any atom is 0.310 e. The third-order valence-electron chi connectivity index (χ3n) is 5.29. The van der Waals surface area contributed by atoms with Crippen LogP contribution in [-0.4, -0.2) is 17.6 Å². The van der Waals surface area contributed by atoms with Gasteiger partial charge in [-0.25, -0.2) is 4.39 Å². The summed E-state index contributed by atoms with van der Waals surface area (Å²) in [7, 11) is 0. The van der Waals surface area contributed by atoms with Crippen LogP contribution in [0.2, 0.25) is 0 Å². The van der Waals surface area contributed by atoms with Gasteiger partial charge in [-0.3, -0.25) is 9.78 Å². The number of rotatable bonds is 8. The van der Waals surface area contributed by atoms with Crippen molar-refractivity contribution in [1.82, 2.24) is 4.98 Å². The van der Waals surface area contributed by atoms with Crippen molar-refractivity contribution in [1.29, 1.82) is 5.26 Å². The Labute approximate surface area is 195 Å². The lowest BCUT2D eigenvalue weighted by molar-refractivity contribution is -0.142. The lowest BCUT2D eigenvalue weighted by Gasteiger charge is -2.13. The number of furan rings is 1. The fourth-order valence-corrected chi connectivity index (χ4v) is 3.70. The number of nitriles is 1. The molecule has 8 heteroatoms. The Bertz CT molecular complexity index is 1390. The van der Waals surface area contributed by atoms with Crippen molar-refractivity contribution in [2.24, 2.45) is 5.73 Å². The second kappa shape index (κ2) is 10.1. The Morgan fingerprint density at radius 2 is 2.06 bits per heavy atom. The van der Waals surface area contributed by atoms with Crippen molar-refractivity contribution in [2.45, 2.75) is 26.5 Å². The van der Waals surface area contributed by atoms with Crippen LogP contribution in [0.25, 0.3) is 22.1 Å². The van der Waals surface area contributed by atoms with Crippen molar-refractivity contribution in [3.05, 3.63) is 83.1 Å². The molecule has 0 aliphatic heterocycles. The highest BCUT2D eigenvalue weighted by molar-refractivity contribution is 5.93. The van der Waals surface area contributed by atoms with E-state index in [0.29, 0.717) is 33.6 Å². The minimum Gasteiger partial charge on any atom is -0.489 e. The van der Waals surface area contributed by atoms with Gasteiger partial charge in [0.05, 0.1) is 36.6 Å². The van der Waals surface area contributed by atoms with Crippen LogP contribution in [-0.2, 0) is 29.1 Å². The van der Waals surface area contributed by atoms with Crippen molar-refractivity contribution in [2.75, 3.05) is 6.61 Å². The van der Waals surface area contributed by atoms with Gasteiger partial charge < -0.3 is 19.6 Å². The third kappa shape index (κ3) is 4.75. The van der Waals surface area contributed by atoms with Crippen LogP contribution in [0.5, 0.6) is 5.75 Å². The Kier molecular flexibility index (Phi) is 6.85. The fraction of sp³-hybridized carbons (Fsp3) is 0.192. The first-order chi connectivity index (χ1) is 16.5. The van der Waals surface area contributed by atoms with Crippen LogP contribution in [0, 0.1) is 17.1 Å². The van der Waals surface area contributed by atoms with Gasteiger partial charge in [-0.2, -0.15) is 5.26 Å². The van der Waals surface area contributed by atoms with Crippen molar-refractivity contribution in [3.8, 4) is 22.9 Å². The number of hydrogen-bond acceptors (Lipinski definition) is 7. The molecule has 0 amide bonds. The first-order valence-corrected chi connectivity index (χ1v) is 10.7. The predicted octanol–water partition coefficient (Wildman–Crippen LogP) is 4.65. The molecule has 0 saturated heterocycles. The van der Waals surface area contributed by atoms with Gasteiger partial charge in [-0.1, -0.05) is 6.07 Å². The third-order valence-corrected chi connectivity index (χ3v) is 5.29. The molecule has 0 atom stereocenters. The Morgan fingerprint density at radius 1 is 1.21 bits per heavy atom. The fourth-order valence-electron chi connectivity index (χ4n) is 3.70. The van der Waals surface area contributed by atoms with E-state index in [-0.39, 0.29) is 37.8 Å². The Balaban J connectivity index is 1.68. The molecule has 7 nitrogen and oxygen atoms in total. The summed E-state index contributed by atoms with van der Waals surface area (Å²) < 4.78 is 31.7. The van der Waals surface area contributed by atoms with E-state index in [1.165, 1.54) is 12.5 Å². The average molecular weight is 459 g/mol. The summed E-state index contributed by atoms with van der Waals surface area (Å²) in [6, 6.07) is 14.0. The van der Waals surface area contributed by atoms with E-state index >= 15 is 4.39 Å². The molecule has 0 aliphatic carbocycles. The SMILES string of the molecule is CCOC(=O)Cc1ccc(C#N)cc1OCc1cc(-c2ccnc(CN)c2F)c2occc2c1. The molecule has 0 bridgehead atoms. The van der Waals surface area contributed by atoms with Crippen molar-refractivity contribution >= 4 is 16.9 Å². The number of nitrogens with zero attached hydrogens (tertiary/aromatic N) is 2. The van der Waals surface area contributed by atoms with E-state index in [4.69, 9.17) is 19.6 Å². The van der Waals surface area contributed by atoms with Gasteiger partial charge in [0, 0.05) is 34.8 Å². The van der Waals surface area contributed by atoms with Crippen LogP contribution in [0.4, 0.5) is 4.39 Å². The van der Waals surface area contributed by atoms with E-state index in [1.807, 2.05) is 6.07 Å². The topological polar surface area (TPSA) is 111 Å². The first-order valence-electron chi connectivity index (χ1n) is 10.7. The summed E-state index contributed by atoms with van der Waals surface area (Å²) in [5.41, 5.74) is 8.95. The second-order valence-corrected chi connectivity index (χ2v) is 7.51. The van der Waals surface area contributed by atoms with Gasteiger partial charge in [0.15, 0.2) is 5.82 Å². The number of hydrogen-bond donors (Lipinski definition) is 1. The minimum absolute atomic E-state index is 0.0188. The van der Waals surface area contributed by atoms with Crippen molar-refractivity contribution in [3.63, 3.8) is 0 Å². The van der Waals surface area contributed by atoms with E-state index in [9.17, 15) is 10.1 Å². The second-order valence-electron chi connectivity index (χ2n) is 7.51. The lowest BCUT2D eigenvalue weighted by Crippen LogP contribution is -2.09. The van der Waals surface area contributed by atoms with E-state index < -0.39 is 5.82 Å².